The number of hydrogen-bond donors (Lipinski definition) is 1. The molecule has 1 saturated carbocycles. The summed E-state index contributed by atoms with van der Waals surface area (Å²) in [6, 6.07) is 8.13. The molecule has 0 saturated heterocycles. The molecule has 2 aliphatic rings. The van der Waals surface area contributed by atoms with Crippen LogP contribution in [0.15, 0.2) is 36.5 Å². The fourth-order valence-electron chi connectivity index (χ4n) is 3.65. The van der Waals surface area contributed by atoms with Crippen LogP contribution in [-0.4, -0.2) is 22.2 Å². The minimum absolute atomic E-state index is 0.0515. The highest BCUT2D eigenvalue weighted by Crippen LogP contribution is 2.52. The summed E-state index contributed by atoms with van der Waals surface area (Å²) < 4.78 is 41.1. The van der Waals surface area contributed by atoms with Crippen LogP contribution in [0.5, 0.6) is 17.4 Å². The van der Waals surface area contributed by atoms with Gasteiger partial charge in [0, 0.05) is 22.6 Å². The normalized spacial score (nSPS) is 18.4. The predicted octanol–water partition coefficient (Wildman–Crippen LogP) is 4.82. The first-order valence-electron chi connectivity index (χ1n) is 9.68. The number of benzene rings is 1. The predicted molar refractivity (Wildman–Crippen MR) is 104 cm³/mol. The van der Waals surface area contributed by atoms with Crippen LogP contribution in [0.4, 0.5) is 8.78 Å². The molecule has 156 valence electrons. The Balaban J connectivity index is 1.39. The number of H-pyrrole nitrogens is 1. The van der Waals surface area contributed by atoms with Crippen LogP contribution in [0.3, 0.4) is 0 Å². The van der Waals surface area contributed by atoms with Crippen molar-refractivity contribution < 1.29 is 27.8 Å². The fourth-order valence-corrected chi connectivity index (χ4v) is 3.65. The maximum Gasteiger partial charge on any atom is 0.586 e. The van der Waals surface area contributed by atoms with Crippen LogP contribution in [-0.2, 0) is 15.6 Å². The van der Waals surface area contributed by atoms with E-state index >= 15 is 0 Å². The Labute approximate surface area is 171 Å². The maximum atomic E-state index is 13.3. The van der Waals surface area contributed by atoms with Crippen LogP contribution in [0, 0.1) is 0 Å². The topological polar surface area (TPSA) is 73.4 Å². The number of nitrogens with zero attached hydrogens (tertiary/aromatic N) is 1. The molecule has 1 fully saturated rings. The minimum atomic E-state index is -3.69. The van der Waals surface area contributed by atoms with Crippen molar-refractivity contribution in [1.29, 1.82) is 0 Å². The quantitative estimate of drug-likeness (QED) is 0.622. The molecule has 3 heterocycles. The van der Waals surface area contributed by atoms with E-state index in [1.165, 1.54) is 12.1 Å². The van der Waals surface area contributed by atoms with Gasteiger partial charge in [-0.1, -0.05) is 26.8 Å². The first-order valence-corrected chi connectivity index (χ1v) is 9.68. The Hall–Kier alpha value is -3.16. The Morgan fingerprint density at radius 1 is 1.13 bits per heavy atom. The largest absolute Gasteiger partial charge is 0.586 e. The number of esters is 1. The molecule has 0 bridgehead atoms. The summed E-state index contributed by atoms with van der Waals surface area (Å²) in [6.07, 6.45) is -0.944. The van der Waals surface area contributed by atoms with E-state index in [9.17, 15) is 13.6 Å². The third-order valence-corrected chi connectivity index (χ3v) is 5.58. The van der Waals surface area contributed by atoms with Gasteiger partial charge in [-0.3, -0.25) is 4.79 Å². The van der Waals surface area contributed by atoms with E-state index in [0.717, 1.165) is 16.6 Å². The lowest BCUT2D eigenvalue weighted by Crippen LogP contribution is -2.26. The lowest BCUT2D eigenvalue weighted by atomic mass is 9.92. The average Bonchev–Trinajstić information content (AvgIpc) is 3.24. The van der Waals surface area contributed by atoms with E-state index in [2.05, 4.69) is 40.2 Å². The van der Waals surface area contributed by atoms with Crippen LogP contribution < -0.4 is 14.2 Å². The van der Waals surface area contributed by atoms with Crippen LogP contribution >= 0.6 is 0 Å². The van der Waals surface area contributed by atoms with E-state index in [1.807, 2.05) is 6.07 Å². The number of aromatic amines is 1. The van der Waals surface area contributed by atoms with Gasteiger partial charge in [-0.05, 0) is 36.6 Å². The van der Waals surface area contributed by atoms with Crippen molar-refractivity contribution in [1.82, 2.24) is 9.97 Å². The summed E-state index contributed by atoms with van der Waals surface area (Å²) >= 11 is 0. The van der Waals surface area contributed by atoms with Gasteiger partial charge in [-0.2, -0.15) is 0 Å². The number of pyridine rings is 1. The number of fused-ring (bicyclic) bond motifs is 2. The number of carbonyl (C=O) groups excluding carboxylic acids is 1. The van der Waals surface area contributed by atoms with Crippen molar-refractivity contribution in [2.75, 3.05) is 0 Å². The number of aromatic nitrogens is 2. The SMILES string of the molecule is CC(C)(C)c1cc2cc(OC(=O)C3(c4ccc5c(c4)OC(F)(F)O5)CC3)ncc2[nH]1. The number of carbonyl (C=O) groups is 1. The molecule has 8 heteroatoms. The van der Waals surface area contributed by atoms with Gasteiger partial charge in [0.25, 0.3) is 0 Å². The smallest absolute Gasteiger partial charge is 0.407 e. The van der Waals surface area contributed by atoms with Crippen LogP contribution in [0.2, 0.25) is 0 Å². The summed E-state index contributed by atoms with van der Waals surface area (Å²) in [7, 11) is 0. The number of hydrogen-bond acceptors (Lipinski definition) is 5. The molecule has 6 nitrogen and oxygen atoms in total. The summed E-state index contributed by atoms with van der Waals surface area (Å²) in [5.41, 5.74) is 1.53. The minimum Gasteiger partial charge on any atom is -0.407 e. The zero-order valence-corrected chi connectivity index (χ0v) is 16.7. The zero-order chi connectivity index (χ0) is 21.3. The van der Waals surface area contributed by atoms with Gasteiger partial charge in [-0.25, -0.2) is 4.98 Å². The van der Waals surface area contributed by atoms with E-state index in [4.69, 9.17) is 4.74 Å². The zero-order valence-electron chi connectivity index (χ0n) is 16.7. The Kier molecular flexibility index (Phi) is 3.73. The van der Waals surface area contributed by atoms with Gasteiger partial charge in [0.05, 0.1) is 17.1 Å². The van der Waals surface area contributed by atoms with Gasteiger partial charge >= 0.3 is 12.3 Å². The van der Waals surface area contributed by atoms with Crippen molar-refractivity contribution in [3.8, 4) is 17.4 Å². The molecule has 5 rings (SSSR count). The molecule has 0 unspecified atom stereocenters. The van der Waals surface area contributed by atoms with E-state index < -0.39 is 17.7 Å². The second-order valence-electron chi connectivity index (χ2n) is 8.84. The Bertz CT molecular complexity index is 1180. The molecule has 0 spiro atoms. The Morgan fingerprint density at radius 2 is 1.87 bits per heavy atom. The maximum absolute atomic E-state index is 13.3. The molecule has 2 aromatic heterocycles. The molecular weight excluding hydrogens is 394 g/mol. The molecule has 1 N–H and O–H groups in total. The molecule has 0 atom stereocenters. The van der Waals surface area contributed by atoms with Crippen LogP contribution in [0.1, 0.15) is 44.9 Å². The van der Waals surface area contributed by atoms with Crippen molar-refractivity contribution in [3.05, 3.63) is 47.8 Å². The van der Waals surface area contributed by atoms with Crippen molar-refractivity contribution in [3.63, 3.8) is 0 Å². The van der Waals surface area contributed by atoms with E-state index in [0.29, 0.717) is 18.4 Å². The van der Waals surface area contributed by atoms with E-state index in [1.54, 1.807) is 18.3 Å². The Morgan fingerprint density at radius 3 is 2.57 bits per heavy atom. The molecule has 1 aromatic carbocycles. The fraction of sp³-hybridized carbons (Fsp3) is 0.364. The second kappa shape index (κ2) is 5.93. The third kappa shape index (κ3) is 3.07. The highest BCUT2D eigenvalue weighted by molar-refractivity contribution is 5.89. The third-order valence-electron chi connectivity index (χ3n) is 5.58. The lowest BCUT2D eigenvalue weighted by molar-refractivity contribution is -0.286. The van der Waals surface area contributed by atoms with Gasteiger partial charge in [0.1, 0.15) is 0 Å². The number of rotatable bonds is 3. The standard InChI is InChI=1S/C22H20F2N2O4/c1-20(2,3)17-8-12-9-18(25-11-14(12)26-17)28-19(27)21(6-7-21)13-4-5-15-16(10-13)30-22(23,24)29-15/h4-5,8-11,26H,6-7H2,1-3H3. The summed E-state index contributed by atoms with van der Waals surface area (Å²) in [5, 5.41) is 0.896. The highest BCUT2D eigenvalue weighted by atomic mass is 19.3. The molecule has 0 amide bonds. The van der Waals surface area contributed by atoms with E-state index in [-0.39, 0.29) is 22.8 Å². The molecule has 1 aliphatic heterocycles. The lowest BCUT2D eigenvalue weighted by Gasteiger charge is -2.15. The highest BCUT2D eigenvalue weighted by Gasteiger charge is 2.54. The number of ether oxygens (including phenoxy) is 3. The van der Waals surface area contributed by atoms with Gasteiger partial charge in [-0.15, -0.1) is 8.78 Å². The number of alkyl halides is 2. The summed E-state index contributed by atoms with van der Waals surface area (Å²) in [6.45, 7) is 6.30. The van der Waals surface area contributed by atoms with Gasteiger partial charge < -0.3 is 19.2 Å². The van der Waals surface area contributed by atoms with Gasteiger partial charge in [0.15, 0.2) is 11.5 Å². The van der Waals surface area contributed by atoms with Crippen molar-refractivity contribution in [2.24, 2.45) is 0 Å². The first-order chi connectivity index (χ1) is 14.1. The van der Waals surface area contributed by atoms with Crippen molar-refractivity contribution in [2.45, 2.75) is 50.7 Å². The monoisotopic (exact) mass is 414 g/mol. The van der Waals surface area contributed by atoms with Crippen LogP contribution in [0.25, 0.3) is 10.9 Å². The molecular formula is C22H20F2N2O4. The molecule has 30 heavy (non-hydrogen) atoms. The van der Waals surface area contributed by atoms with Gasteiger partial charge in [0.2, 0.25) is 5.88 Å². The molecule has 1 aliphatic carbocycles. The number of halogens is 2. The summed E-state index contributed by atoms with van der Waals surface area (Å²) in [4.78, 5) is 20.5. The average molecular weight is 414 g/mol. The molecule has 3 aromatic rings. The number of nitrogens with one attached hydrogen (secondary N) is 1. The second-order valence-corrected chi connectivity index (χ2v) is 8.84. The summed E-state index contributed by atoms with van der Waals surface area (Å²) in [5.74, 6) is -0.405. The first kappa shape index (κ1) is 18.8. The molecule has 0 radical (unpaired) electrons. The van der Waals surface area contributed by atoms with Crippen molar-refractivity contribution >= 4 is 16.9 Å².